The van der Waals surface area contributed by atoms with E-state index in [2.05, 4.69) is 28.2 Å². The molecule has 0 spiro atoms. The van der Waals surface area contributed by atoms with Gasteiger partial charge < -0.3 is 14.8 Å². The van der Waals surface area contributed by atoms with Crippen LogP contribution in [0.5, 0.6) is 11.5 Å². The Morgan fingerprint density at radius 2 is 1.86 bits per heavy atom. The first-order valence-corrected chi connectivity index (χ1v) is 7.87. The lowest BCUT2D eigenvalue weighted by Gasteiger charge is -2.15. The molecule has 2 aromatic rings. The zero-order chi connectivity index (χ0) is 14.8. The number of hydrogen-bond acceptors (Lipinski definition) is 3. The Labute approximate surface area is 137 Å². The molecule has 0 bridgehead atoms. The maximum Gasteiger partial charge on any atom is 0.231 e. The summed E-state index contributed by atoms with van der Waals surface area (Å²) in [5.74, 6) is 1.59. The van der Waals surface area contributed by atoms with Crippen LogP contribution in [-0.2, 0) is 6.54 Å². The van der Waals surface area contributed by atoms with Gasteiger partial charge in [0.05, 0.1) is 0 Å². The second-order valence-electron chi connectivity index (χ2n) is 4.95. The van der Waals surface area contributed by atoms with Gasteiger partial charge in [0.15, 0.2) is 11.5 Å². The number of nitrogens with one attached hydrogen (secondary N) is 1. The minimum Gasteiger partial charge on any atom is -0.454 e. The van der Waals surface area contributed by atoms with Crippen LogP contribution in [0.4, 0.5) is 0 Å². The third-order valence-electron chi connectivity index (χ3n) is 3.51. The molecule has 5 heteroatoms. The summed E-state index contributed by atoms with van der Waals surface area (Å²) >= 11 is 9.48. The van der Waals surface area contributed by atoms with E-state index >= 15 is 0 Å². The molecule has 110 valence electrons. The fourth-order valence-electron chi connectivity index (χ4n) is 2.23. The number of ether oxygens (including phenoxy) is 2. The van der Waals surface area contributed by atoms with Gasteiger partial charge in [-0.15, -0.1) is 0 Å². The van der Waals surface area contributed by atoms with E-state index in [0.717, 1.165) is 33.1 Å². The molecule has 0 radical (unpaired) electrons. The minimum absolute atomic E-state index is 0.236. The number of rotatable bonds is 4. The molecule has 0 aromatic heterocycles. The number of fused-ring (bicyclic) bond motifs is 1. The van der Waals surface area contributed by atoms with Crippen molar-refractivity contribution in [3.63, 3.8) is 0 Å². The van der Waals surface area contributed by atoms with Crippen LogP contribution < -0.4 is 14.8 Å². The molecule has 2 aromatic carbocycles. The number of benzene rings is 2. The fourth-order valence-corrected chi connectivity index (χ4v) is 2.82. The third-order valence-corrected chi connectivity index (χ3v) is 4.50. The summed E-state index contributed by atoms with van der Waals surface area (Å²) in [6.07, 6.45) is 0. The van der Waals surface area contributed by atoms with Crippen LogP contribution in [0.25, 0.3) is 0 Å². The van der Waals surface area contributed by atoms with E-state index < -0.39 is 0 Å². The zero-order valence-corrected chi connectivity index (χ0v) is 13.9. The monoisotopic (exact) mass is 367 g/mol. The SMILES string of the molecule is C[C@@H](NCc1cc2c(cc1Br)OCO2)c1ccc(Cl)cc1. The first kappa shape index (κ1) is 14.7. The van der Waals surface area contributed by atoms with Crippen LogP contribution in [-0.4, -0.2) is 6.79 Å². The fraction of sp³-hybridized carbons (Fsp3) is 0.250. The third kappa shape index (κ3) is 3.34. The van der Waals surface area contributed by atoms with Crippen molar-refractivity contribution in [1.82, 2.24) is 5.32 Å². The molecule has 1 N–H and O–H groups in total. The second-order valence-corrected chi connectivity index (χ2v) is 6.24. The molecule has 1 heterocycles. The van der Waals surface area contributed by atoms with Crippen LogP contribution in [0, 0.1) is 0 Å². The van der Waals surface area contributed by atoms with Crippen molar-refractivity contribution in [2.75, 3.05) is 6.79 Å². The van der Waals surface area contributed by atoms with E-state index in [1.807, 2.05) is 36.4 Å². The summed E-state index contributed by atoms with van der Waals surface area (Å²) in [6, 6.07) is 12.1. The first-order valence-electron chi connectivity index (χ1n) is 6.70. The van der Waals surface area contributed by atoms with Crippen molar-refractivity contribution < 1.29 is 9.47 Å². The number of halogens is 2. The van der Waals surface area contributed by atoms with E-state index in [1.54, 1.807) is 0 Å². The van der Waals surface area contributed by atoms with Gasteiger partial charge in [-0.1, -0.05) is 39.7 Å². The Balaban J connectivity index is 1.68. The highest BCUT2D eigenvalue weighted by Gasteiger charge is 2.16. The smallest absolute Gasteiger partial charge is 0.231 e. The highest BCUT2D eigenvalue weighted by atomic mass is 79.9. The van der Waals surface area contributed by atoms with Gasteiger partial charge in [0.1, 0.15) is 0 Å². The summed E-state index contributed by atoms with van der Waals surface area (Å²) < 4.78 is 11.8. The van der Waals surface area contributed by atoms with Crippen molar-refractivity contribution in [1.29, 1.82) is 0 Å². The molecule has 0 saturated carbocycles. The van der Waals surface area contributed by atoms with Crippen molar-refractivity contribution in [2.45, 2.75) is 19.5 Å². The van der Waals surface area contributed by atoms with Crippen LogP contribution >= 0.6 is 27.5 Å². The Kier molecular flexibility index (Phi) is 4.38. The Morgan fingerprint density at radius 1 is 1.19 bits per heavy atom. The summed E-state index contributed by atoms with van der Waals surface area (Å²) in [6.45, 7) is 3.16. The van der Waals surface area contributed by atoms with Crippen LogP contribution in [0.1, 0.15) is 24.1 Å². The maximum atomic E-state index is 5.91. The summed E-state index contributed by atoms with van der Waals surface area (Å²) in [4.78, 5) is 0. The summed E-state index contributed by atoms with van der Waals surface area (Å²) in [7, 11) is 0. The average molecular weight is 369 g/mol. The average Bonchev–Trinajstić information content (AvgIpc) is 2.92. The lowest BCUT2D eigenvalue weighted by atomic mass is 10.1. The molecular weight excluding hydrogens is 354 g/mol. The molecule has 1 aliphatic rings. The number of hydrogen-bond donors (Lipinski definition) is 1. The van der Waals surface area contributed by atoms with Gasteiger partial charge in [-0.3, -0.25) is 0 Å². The van der Waals surface area contributed by atoms with Gasteiger partial charge in [0.25, 0.3) is 0 Å². The molecule has 0 fully saturated rings. The molecule has 21 heavy (non-hydrogen) atoms. The normalized spacial score (nSPS) is 14.2. The first-order chi connectivity index (χ1) is 10.1. The van der Waals surface area contributed by atoms with Crippen molar-refractivity contribution in [3.05, 3.63) is 57.0 Å². The molecular formula is C16H15BrClNO2. The lowest BCUT2D eigenvalue weighted by Crippen LogP contribution is -2.18. The van der Waals surface area contributed by atoms with E-state index in [-0.39, 0.29) is 6.04 Å². The Morgan fingerprint density at radius 3 is 2.57 bits per heavy atom. The Hall–Kier alpha value is -1.23. The van der Waals surface area contributed by atoms with Crippen molar-refractivity contribution >= 4 is 27.5 Å². The molecule has 0 aliphatic carbocycles. The van der Waals surface area contributed by atoms with Gasteiger partial charge in [-0.25, -0.2) is 0 Å². The van der Waals surface area contributed by atoms with Gasteiger partial charge in [0.2, 0.25) is 6.79 Å². The quantitative estimate of drug-likeness (QED) is 0.850. The van der Waals surface area contributed by atoms with Crippen molar-refractivity contribution in [2.24, 2.45) is 0 Å². The standard InChI is InChI=1S/C16H15BrClNO2/c1-10(11-2-4-13(18)5-3-11)19-8-12-6-15-16(7-14(12)17)21-9-20-15/h2-7,10,19H,8-9H2,1H3/t10-/m1/s1. The van der Waals surface area contributed by atoms with Gasteiger partial charge in [-0.05, 0) is 42.3 Å². The van der Waals surface area contributed by atoms with Crippen LogP contribution in [0.15, 0.2) is 40.9 Å². The Bertz CT molecular complexity index is 645. The lowest BCUT2D eigenvalue weighted by molar-refractivity contribution is 0.174. The topological polar surface area (TPSA) is 30.5 Å². The molecule has 3 rings (SSSR count). The maximum absolute atomic E-state index is 5.91. The predicted molar refractivity (Wildman–Crippen MR) is 87.0 cm³/mol. The summed E-state index contributed by atoms with van der Waals surface area (Å²) in [5.41, 5.74) is 2.34. The highest BCUT2D eigenvalue weighted by molar-refractivity contribution is 9.10. The molecule has 1 atom stereocenters. The van der Waals surface area contributed by atoms with E-state index in [4.69, 9.17) is 21.1 Å². The van der Waals surface area contributed by atoms with Gasteiger partial charge in [-0.2, -0.15) is 0 Å². The zero-order valence-electron chi connectivity index (χ0n) is 11.5. The molecule has 1 aliphatic heterocycles. The molecule has 0 amide bonds. The largest absolute Gasteiger partial charge is 0.454 e. The van der Waals surface area contributed by atoms with Crippen LogP contribution in [0.2, 0.25) is 5.02 Å². The van der Waals surface area contributed by atoms with Gasteiger partial charge >= 0.3 is 0 Å². The van der Waals surface area contributed by atoms with Crippen LogP contribution in [0.3, 0.4) is 0 Å². The van der Waals surface area contributed by atoms with E-state index in [1.165, 1.54) is 5.56 Å². The minimum atomic E-state index is 0.236. The molecule has 0 unspecified atom stereocenters. The molecule has 0 saturated heterocycles. The van der Waals surface area contributed by atoms with E-state index in [0.29, 0.717) is 6.79 Å². The summed E-state index contributed by atoms with van der Waals surface area (Å²) in [5, 5.41) is 4.25. The van der Waals surface area contributed by atoms with E-state index in [9.17, 15) is 0 Å². The predicted octanol–water partition coefficient (Wildman–Crippen LogP) is 4.68. The van der Waals surface area contributed by atoms with Crippen molar-refractivity contribution in [3.8, 4) is 11.5 Å². The second kappa shape index (κ2) is 6.26. The molecule has 3 nitrogen and oxygen atoms in total. The van der Waals surface area contributed by atoms with Gasteiger partial charge in [0, 0.05) is 22.1 Å². The highest BCUT2D eigenvalue weighted by Crippen LogP contribution is 2.37.